The van der Waals surface area contributed by atoms with Crippen molar-refractivity contribution in [3.63, 3.8) is 0 Å². The van der Waals surface area contributed by atoms with Gasteiger partial charge in [-0.1, -0.05) is 31.2 Å². The molecule has 1 aliphatic rings. The van der Waals surface area contributed by atoms with E-state index in [0.29, 0.717) is 0 Å². The maximum Gasteiger partial charge on any atom is 0.0849 e. The lowest BCUT2D eigenvalue weighted by molar-refractivity contribution is -0.0121. The summed E-state index contributed by atoms with van der Waals surface area (Å²) in [6.45, 7) is 6.99. The first kappa shape index (κ1) is 15.5. The first-order valence-electron chi connectivity index (χ1n) is 7.64. The van der Waals surface area contributed by atoms with Crippen LogP contribution in [0.25, 0.3) is 0 Å². The van der Waals surface area contributed by atoms with E-state index in [1.54, 1.807) is 7.11 Å². The number of rotatable bonds is 7. The Hall–Kier alpha value is -0.900. The second-order valence-corrected chi connectivity index (χ2v) is 5.74. The van der Waals surface area contributed by atoms with Crippen LogP contribution in [-0.2, 0) is 15.9 Å². The summed E-state index contributed by atoms with van der Waals surface area (Å²) < 4.78 is 11.1. The summed E-state index contributed by atoms with van der Waals surface area (Å²) in [6.07, 6.45) is 3.25. The molecule has 3 nitrogen and oxygen atoms in total. The Bertz CT molecular complexity index is 396. The average molecular weight is 277 g/mol. The van der Waals surface area contributed by atoms with Gasteiger partial charge in [-0.2, -0.15) is 0 Å². The number of likely N-dealkylation sites (N-methyl/N-ethyl adjacent to an activating group) is 1. The summed E-state index contributed by atoms with van der Waals surface area (Å²) in [5, 5.41) is 3.59. The van der Waals surface area contributed by atoms with Gasteiger partial charge in [-0.3, -0.25) is 0 Å². The molecule has 2 atom stereocenters. The SMILES string of the molecule is CCNC(c1ccc(CCOC)cc1)C1(C)CCCO1. The summed E-state index contributed by atoms with van der Waals surface area (Å²) in [6, 6.07) is 9.14. The molecular formula is C17H27NO2. The predicted octanol–water partition coefficient (Wildman–Crippen LogP) is 3.10. The van der Waals surface area contributed by atoms with Crippen molar-refractivity contribution in [3.8, 4) is 0 Å². The normalized spacial score (nSPS) is 23.9. The van der Waals surface area contributed by atoms with Gasteiger partial charge in [-0.25, -0.2) is 0 Å². The third kappa shape index (κ3) is 3.60. The molecule has 0 radical (unpaired) electrons. The molecule has 1 aromatic rings. The molecular weight excluding hydrogens is 250 g/mol. The molecule has 2 rings (SSSR count). The van der Waals surface area contributed by atoms with E-state index < -0.39 is 0 Å². The first-order valence-corrected chi connectivity index (χ1v) is 7.64. The average Bonchev–Trinajstić information content (AvgIpc) is 2.91. The van der Waals surface area contributed by atoms with Gasteiger partial charge in [0.25, 0.3) is 0 Å². The number of ether oxygens (including phenoxy) is 2. The number of methoxy groups -OCH3 is 1. The van der Waals surface area contributed by atoms with Crippen LogP contribution in [-0.4, -0.2) is 32.5 Å². The third-order valence-electron chi connectivity index (χ3n) is 4.18. The second-order valence-electron chi connectivity index (χ2n) is 5.74. The van der Waals surface area contributed by atoms with E-state index in [9.17, 15) is 0 Å². The predicted molar refractivity (Wildman–Crippen MR) is 82.0 cm³/mol. The van der Waals surface area contributed by atoms with E-state index in [0.717, 1.165) is 39.0 Å². The molecule has 3 heteroatoms. The number of benzene rings is 1. The van der Waals surface area contributed by atoms with Gasteiger partial charge in [0, 0.05) is 13.7 Å². The fourth-order valence-corrected chi connectivity index (χ4v) is 3.02. The minimum Gasteiger partial charge on any atom is -0.384 e. The maximum absolute atomic E-state index is 6.02. The van der Waals surface area contributed by atoms with Crippen LogP contribution in [0.15, 0.2) is 24.3 Å². The third-order valence-corrected chi connectivity index (χ3v) is 4.18. The Morgan fingerprint density at radius 3 is 2.65 bits per heavy atom. The monoisotopic (exact) mass is 277 g/mol. The van der Waals surface area contributed by atoms with Gasteiger partial charge in [-0.05, 0) is 43.9 Å². The highest BCUT2D eigenvalue weighted by molar-refractivity contribution is 5.27. The van der Waals surface area contributed by atoms with Crippen molar-refractivity contribution in [2.45, 2.75) is 44.8 Å². The van der Waals surface area contributed by atoms with Crippen LogP contribution in [0, 0.1) is 0 Å². The Balaban J connectivity index is 2.12. The molecule has 1 fully saturated rings. The molecule has 112 valence electrons. The topological polar surface area (TPSA) is 30.5 Å². The van der Waals surface area contributed by atoms with Crippen molar-refractivity contribution in [1.29, 1.82) is 0 Å². The van der Waals surface area contributed by atoms with Crippen molar-refractivity contribution in [3.05, 3.63) is 35.4 Å². The summed E-state index contributed by atoms with van der Waals surface area (Å²) in [7, 11) is 1.74. The lowest BCUT2D eigenvalue weighted by Crippen LogP contribution is -2.41. The standard InChI is InChI=1S/C17H27NO2/c1-4-18-16(17(2)11-5-12-20-17)15-8-6-14(7-9-15)10-13-19-3/h6-9,16,18H,4-5,10-13H2,1-3H3. The summed E-state index contributed by atoms with van der Waals surface area (Å²) >= 11 is 0. The van der Waals surface area contributed by atoms with Crippen LogP contribution in [0.3, 0.4) is 0 Å². The zero-order valence-electron chi connectivity index (χ0n) is 12.9. The van der Waals surface area contributed by atoms with Gasteiger partial charge in [-0.15, -0.1) is 0 Å². The Morgan fingerprint density at radius 2 is 2.10 bits per heavy atom. The molecule has 20 heavy (non-hydrogen) atoms. The van der Waals surface area contributed by atoms with Crippen molar-refractivity contribution in [2.24, 2.45) is 0 Å². The lowest BCUT2D eigenvalue weighted by atomic mass is 9.87. The van der Waals surface area contributed by atoms with Gasteiger partial charge in [0.05, 0.1) is 18.2 Å². The molecule has 0 aliphatic carbocycles. The fourth-order valence-electron chi connectivity index (χ4n) is 3.02. The summed E-state index contributed by atoms with van der Waals surface area (Å²) in [5.41, 5.74) is 2.56. The smallest absolute Gasteiger partial charge is 0.0849 e. The minimum atomic E-state index is -0.0793. The van der Waals surface area contributed by atoms with Gasteiger partial charge in [0.15, 0.2) is 0 Å². The molecule has 0 aromatic heterocycles. The van der Waals surface area contributed by atoms with Gasteiger partial charge >= 0.3 is 0 Å². The summed E-state index contributed by atoms with van der Waals surface area (Å²) in [4.78, 5) is 0. The molecule has 1 aliphatic heterocycles. The largest absolute Gasteiger partial charge is 0.384 e. The Kier molecular flexibility index (Phi) is 5.58. The van der Waals surface area contributed by atoms with E-state index in [1.807, 2.05) is 0 Å². The number of hydrogen-bond donors (Lipinski definition) is 1. The zero-order valence-corrected chi connectivity index (χ0v) is 12.9. The van der Waals surface area contributed by atoms with Crippen LogP contribution < -0.4 is 5.32 Å². The van der Waals surface area contributed by atoms with Gasteiger partial charge < -0.3 is 14.8 Å². The Morgan fingerprint density at radius 1 is 1.35 bits per heavy atom. The van der Waals surface area contributed by atoms with Crippen LogP contribution >= 0.6 is 0 Å². The molecule has 0 spiro atoms. The van der Waals surface area contributed by atoms with Gasteiger partial charge in [0.2, 0.25) is 0 Å². The second kappa shape index (κ2) is 7.21. The molecule has 0 amide bonds. The molecule has 1 heterocycles. The van der Waals surface area contributed by atoms with E-state index in [4.69, 9.17) is 9.47 Å². The van der Waals surface area contributed by atoms with E-state index in [-0.39, 0.29) is 11.6 Å². The zero-order chi connectivity index (χ0) is 14.4. The van der Waals surface area contributed by atoms with Crippen molar-refractivity contribution in [2.75, 3.05) is 26.9 Å². The minimum absolute atomic E-state index is 0.0793. The van der Waals surface area contributed by atoms with E-state index in [2.05, 4.69) is 43.4 Å². The van der Waals surface area contributed by atoms with Crippen LogP contribution in [0.4, 0.5) is 0 Å². The van der Waals surface area contributed by atoms with Crippen LogP contribution in [0.2, 0.25) is 0 Å². The quantitative estimate of drug-likeness (QED) is 0.831. The Labute approximate surface area is 122 Å². The fraction of sp³-hybridized carbons (Fsp3) is 0.647. The molecule has 0 bridgehead atoms. The maximum atomic E-state index is 6.02. The van der Waals surface area contributed by atoms with Crippen molar-refractivity contribution >= 4 is 0 Å². The first-order chi connectivity index (χ1) is 9.69. The molecule has 0 saturated carbocycles. The van der Waals surface area contributed by atoms with E-state index in [1.165, 1.54) is 11.1 Å². The van der Waals surface area contributed by atoms with Gasteiger partial charge in [0.1, 0.15) is 0 Å². The van der Waals surface area contributed by atoms with Crippen molar-refractivity contribution in [1.82, 2.24) is 5.32 Å². The lowest BCUT2D eigenvalue weighted by Gasteiger charge is -2.34. The van der Waals surface area contributed by atoms with E-state index >= 15 is 0 Å². The number of nitrogens with one attached hydrogen (secondary N) is 1. The van der Waals surface area contributed by atoms with Crippen molar-refractivity contribution < 1.29 is 9.47 Å². The summed E-state index contributed by atoms with van der Waals surface area (Å²) in [5.74, 6) is 0. The van der Waals surface area contributed by atoms with Crippen LogP contribution in [0.5, 0.6) is 0 Å². The molecule has 1 N–H and O–H groups in total. The molecule has 2 unspecified atom stereocenters. The molecule has 1 saturated heterocycles. The highest BCUT2D eigenvalue weighted by atomic mass is 16.5. The highest BCUT2D eigenvalue weighted by Crippen LogP contribution is 2.37. The van der Waals surface area contributed by atoms with Crippen LogP contribution in [0.1, 0.15) is 43.9 Å². The highest BCUT2D eigenvalue weighted by Gasteiger charge is 2.38. The number of hydrogen-bond acceptors (Lipinski definition) is 3. The molecule has 1 aromatic carbocycles.